The van der Waals surface area contributed by atoms with E-state index in [1.54, 1.807) is 42.0 Å². The molecule has 0 aromatic carbocycles. The summed E-state index contributed by atoms with van der Waals surface area (Å²) >= 11 is 0. The summed E-state index contributed by atoms with van der Waals surface area (Å²) in [5.74, 6) is 0.305. The van der Waals surface area contributed by atoms with Crippen LogP contribution in [0.2, 0.25) is 0 Å². The lowest BCUT2D eigenvalue weighted by Gasteiger charge is -2.28. The average Bonchev–Trinajstić information content (AvgIpc) is 3.01. The molecule has 158 valence electrons. The van der Waals surface area contributed by atoms with Crippen molar-refractivity contribution in [3.8, 4) is 0 Å². The summed E-state index contributed by atoms with van der Waals surface area (Å²) in [6.45, 7) is 1.75. The Labute approximate surface area is 173 Å². The summed E-state index contributed by atoms with van der Waals surface area (Å²) in [6.07, 6.45) is 10.3. The van der Waals surface area contributed by atoms with E-state index in [-0.39, 0.29) is 11.6 Å². The highest BCUT2D eigenvalue weighted by Crippen LogP contribution is 2.39. The molecule has 9 nitrogen and oxygen atoms in total. The molecule has 0 aliphatic heterocycles. The van der Waals surface area contributed by atoms with Crippen molar-refractivity contribution in [1.29, 1.82) is 0 Å². The van der Waals surface area contributed by atoms with Gasteiger partial charge in [-0.05, 0) is 44.4 Å². The highest BCUT2D eigenvalue weighted by atomic mass is 32.2. The molecule has 2 aromatic heterocycles. The molecule has 0 bridgehead atoms. The number of fused-ring (bicyclic) bond motifs is 1. The maximum Gasteiger partial charge on any atom is 0.252 e. The zero-order chi connectivity index (χ0) is 21.5. The largest absolute Gasteiger partial charge is 0.388 e. The van der Waals surface area contributed by atoms with Gasteiger partial charge in [-0.25, -0.2) is 13.4 Å². The number of hydrogen-bond acceptors (Lipinski definition) is 7. The van der Waals surface area contributed by atoms with Crippen molar-refractivity contribution in [2.45, 2.75) is 44.2 Å². The number of aliphatic hydroxyl groups is 1. The zero-order valence-electron chi connectivity index (χ0n) is 16.7. The molecule has 0 unspecified atom stereocenters. The number of rotatable bonds is 4. The van der Waals surface area contributed by atoms with E-state index in [1.165, 1.54) is 6.07 Å². The van der Waals surface area contributed by atoms with Gasteiger partial charge in [0.25, 0.3) is 5.56 Å². The van der Waals surface area contributed by atoms with E-state index in [0.717, 1.165) is 12.7 Å². The van der Waals surface area contributed by atoms with E-state index in [9.17, 15) is 18.3 Å². The molecule has 2 atom stereocenters. The van der Waals surface area contributed by atoms with E-state index >= 15 is 0 Å². The summed E-state index contributed by atoms with van der Waals surface area (Å²) in [7, 11) is -3.44. The molecule has 2 aliphatic carbocycles. The van der Waals surface area contributed by atoms with Crippen LogP contribution in [-0.4, -0.2) is 45.6 Å². The fraction of sp³-hybridized carbons (Fsp3) is 0.400. The maximum absolute atomic E-state index is 12.6. The Morgan fingerprint density at radius 1 is 1.33 bits per heavy atom. The summed E-state index contributed by atoms with van der Waals surface area (Å²) in [6, 6.07) is 2.80. The molecule has 0 spiro atoms. The lowest BCUT2D eigenvalue weighted by atomic mass is 10.00. The minimum atomic E-state index is -3.44. The molecule has 0 radical (unpaired) electrons. The second-order valence-corrected chi connectivity index (χ2v) is 9.57. The number of aromatic nitrogens is 3. The topological polar surface area (TPSA) is 127 Å². The number of nitrogens with zero attached hydrogens (tertiary/aromatic N) is 4. The molecule has 1 saturated carbocycles. The number of hydrogen-bond donors (Lipinski definition) is 2. The van der Waals surface area contributed by atoms with Crippen LogP contribution in [0, 0.1) is 0 Å². The van der Waals surface area contributed by atoms with Crippen LogP contribution in [0.3, 0.4) is 0 Å². The Morgan fingerprint density at radius 3 is 2.77 bits per heavy atom. The van der Waals surface area contributed by atoms with Crippen molar-refractivity contribution >= 4 is 32.7 Å². The van der Waals surface area contributed by atoms with Crippen LogP contribution in [0.4, 0.5) is 5.95 Å². The van der Waals surface area contributed by atoms with Crippen LogP contribution >= 0.6 is 0 Å². The second-order valence-electron chi connectivity index (χ2n) is 7.92. The molecule has 0 amide bonds. The van der Waals surface area contributed by atoms with Crippen LogP contribution in [0.5, 0.6) is 0 Å². The molecule has 2 aromatic rings. The molecule has 2 N–H and O–H groups in total. The lowest BCUT2D eigenvalue weighted by Crippen LogP contribution is -2.37. The first-order valence-electron chi connectivity index (χ1n) is 9.67. The van der Waals surface area contributed by atoms with Crippen molar-refractivity contribution in [1.82, 2.24) is 14.5 Å². The average molecular weight is 430 g/mol. The van der Waals surface area contributed by atoms with E-state index in [1.807, 2.05) is 0 Å². The highest BCUT2D eigenvalue weighted by molar-refractivity contribution is 7.89. The molecule has 30 heavy (non-hydrogen) atoms. The van der Waals surface area contributed by atoms with Crippen LogP contribution in [-0.2, 0) is 10.0 Å². The third-order valence-electron chi connectivity index (χ3n) is 5.38. The first-order valence-corrected chi connectivity index (χ1v) is 11.5. The summed E-state index contributed by atoms with van der Waals surface area (Å²) < 4.78 is 27.8. The number of pyridine rings is 1. The van der Waals surface area contributed by atoms with E-state index in [2.05, 4.69) is 19.7 Å². The van der Waals surface area contributed by atoms with Gasteiger partial charge in [-0.3, -0.25) is 9.36 Å². The Kier molecular flexibility index (Phi) is 5.07. The van der Waals surface area contributed by atoms with Gasteiger partial charge in [0.2, 0.25) is 16.0 Å². The van der Waals surface area contributed by atoms with Crippen molar-refractivity contribution in [2.24, 2.45) is 4.40 Å². The molecular formula is C20H23N5O4S. The van der Waals surface area contributed by atoms with Gasteiger partial charge in [0.1, 0.15) is 5.65 Å². The number of sulfonamides is 1. The van der Waals surface area contributed by atoms with Gasteiger partial charge in [0, 0.05) is 29.8 Å². The summed E-state index contributed by atoms with van der Waals surface area (Å²) in [5, 5.41) is 14.5. The predicted molar refractivity (Wildman–Crippen MR) is 115 cm³/mol. The molecule has 10 heteroatoms. The van der Waals surface area contributed by atoms with Gasteiger partial charge >= 0.3 is 0 Å². The fourth-order valence-corrected chi connectivity index (χ4v) is 4.54. The third kappa shape index (κ3) is 4.19. The molecule has 2 heterocycles. The predicted octanol–water partition coefficient (Wildman–Crippen LogP) is 1.92. The Balaban J connectivity index is 1.66. The minimum absolute atomic E-state index is 0.210. The normalized spacial score (nSPS) is 25.6. The lowest BCUT2D eigenvalue weighted by molar-refractivity contribution is 0.0267. The van der Waals surface area contributed by atoms with Crippen molar-refractivity contribution in [3.05, 3.63) is 52.6 Å². The Morgan fingerprint density at radius 2 is 2.13 bits per heavy atom. The molecule has 1 fully saturated rings. The SMILES string of the molecule is C[C@@]1(O)CCC[C@H]1n1c(=O)ccc2cnc(NC3=CCC(=NS(C)(=O)=O)C=C3)nc21. The van der Waals surface area contributed by atoms with Crippen molar-refractivity contribution < 1.29 is 13.5 Å². The summed E-state index contributed by atoms with van der Waals surface area (Å²) in [4.78, 5) is 21.5. The van der Waals surface area contributed by atoms with Crippen molar-refractivity contribution in [3.63, 3.8) is 0 Å². The smallest absolute Gasteiger partial charge is 0.252 e. The first kappa shape index (κ1) is 20.4. The van der Waals surface area contributed by atoms with Gasteiger partial charge in [0.15, 0.2) is 0 Å². The highest BCUT2D eigenvalue weighted by Gasteiger charge is 2.39. The Bertz CT molecular complexity index is 1260. The monoisotopic (exact) mass is 429 g/mol. The van der Waals surface area contributed by atoms with Crippen molar-refractivity contribution in [2.75, 3.05) is 11.6 Å². The first-order chi connectivity index (χ1) is 14.1. The Hall–Kier alpha value is -2.85. The molecule has 2 aliphatic rings. The number of nitrogens with one attached hydrogen (secondary N) is 1. The van der Waals surface area contributed by atoms with E-state index < -0.39 is 15.6 Å². The molecule has 0 saturated heterocycles. The van der Waals surface area contributed by atoms with Crippen LogP contribution < -0.4 is 10.9 Å². The fourth-order valence-electron chi connectivity index (χ4n) is 3.98. The maximum atomic E-state index is 12.6. The zero-order valence-corrected chi connectivity index (χ0v) is 17.6. The summed E-state index contributed by atoms with van der Waals surface area (Å²) in [5.41, 5.74) is 0.421. The van der Waals surface area contributed by atoms with Gasteiger partial charge in [0.05, 0.1) is 23.6 Å². The second kappa shape index (κ2) is 7.44. The van der Waals surface area contributed by atoms with Crippen LogP contribution in [0.25, 0.3) is 11.0 Å². The quantitative estimate of drug-likeness (QED) is 0.760. The van der Waals surface area contributed by atoms with Crippen LogP contribution in [0.1, 0.15) is 38.6 Å². The van der Waals surface area contributed by atoms with E-state index in [0.29, 0.717) is 47.7 Å². The number of anilines is 1. The minimum Gasteiger partial charge on any atom is -0.388 e. The van der Waals surface area contributed by atoms with Gasteiger partial charge < -0.3 is 10.4 Å². The number of allylic oxidation sites excluding steroid dienone is 3. The van der Waals surface area contributed by atoms with E-state index in [4.69, 9.17) is 0 Å². The van der Waals surface area contributed by atoms with Gasteiger partial charge in [-0.15, -0.1) is 0 Å². The third-order valence-corrected chi connectivity index (χ3v) is 5.95. The standard InChI is InChI=1S/C20H23N5O4S/c1-20(27)11-3-4-16(20)25-17(26)10-5-13-12-21-19(23-18(13)25)22-14-6-8-15(9-7-14)24-30(2,28)29/h5-8,10,12,16,27H,3-4,9,11H2,1-2H3,(H,21,22,23)/t16-,20-/m1/s1. The van der Waals surface area contributed by atoms with Gasteiger partial charge in [-0.1, -0.05) is 6.08 Å². The van der Waals surface area contributed by atoms with Gasteiger partial charge in [-0.2, -0.15) is 9.38 Å². The van der Waals surface area contributed by atoms with Crippen LogP contribution in [0.15, 0.2) is 51.4 Å². The molecular weight excluding hydrogens is 406 g/mol. The molecule has 4 rings (SSSR count).